The minimum Gasteiger partial charge on any atom is -0.474 e. The lowest BCUT2D eigenvalue weighted by atomic mass is 10.2. The first-order valence-corrected chi connectivity index (χ1v) is 43.2. The molecular formula is C89H86BrCl8N17O17. The number of hydrogen-bond acceptors (Lipinski definition) is 26. The minimum absolute atomic E-state index is 0.0101. The number of amides is 7. The molecule has 0 bridgehead atoms. The van der Waals surface area contributed by atoms with E-state index in [4.69, 9.17) is 142 Å². The number of nitrogens with zero attached hydrogens (tertiary/aromatic N) is 11. The zero-order valence-electron chi connectivity index (χ0n) is 73.1. The Morgan fingerprint density at radius 1 is 0.386 bits per heavy atom. The van der Waals surface area contributed by atoms with E-state index in [1.807, 2.05) is 75.4 Å². The number of carbonyl (C=O) groups is 8. The van der Waals surface area contributed by atoms with E-state index in [9.17, 15) is 38.4 Å². The number of carboxylic acid groups (broad SMARTS) is 1. The van der Waals surface area contributed by atoms with Crippen LogP contribution in [0.2, 0.25) is 40.2 Å². The summed E-state index contributed by atoms with van der Waals surface area (Å²) in [5, 5.41) is 26.0. The molecule has 7 aromatic carbocycles. The van der Waals surface area contributed by atoms with Crippen molar-refractivity contribution >= 4 is 185 Å². The molecule has 8 heterocycles. The predicted octanol–water partition coefficient (Wildman–Crippen LogP) is 17.5. The first-order valence-electron chi connectivity index (χ1n) is 39.4. The van der Waals surface area contributed by atoms with Crippen LogP contribution in [0.4, 0.5) is 29.0 Å². The Labute approximate surface area is 806 Å². The first-order chi connectivity index (χ1) is 61.9. The molecule has 43 heteroatoms. The van der Waals surface area contributed by atoms with Crippen molar-refractivity contribution in [2.75, 3.05) is 44.1 Å². The van der Waals surface area contributed by atoms with E-state index in [0.717, 1.165) is 53.9 Å². The van der Waals surface area contributed by atoms with Crippen LogP contribution in [0.5, 0.6) is 46.5 Å². The minimum atomic E-state index is -1.42. The third-order valence-electron chi connectivity index (χ3n) is 17.5. The van der Waals surface area contributed by atoms with Crippen molar-refractivity contribution < 1.29 is 81.4 Å². The summed E-state index contributed by atoms with van der Waals surface area (Å²) in [5.74, 6) is -8.57. The maximum absolute atomic E-state index is 13.4. The van der Waals surface area contributed by atoms with Gasteiger partial charge in [-0.15, -0.1) is 0 Å². The average molecular weight is 2030 g/mol. The molecule has 0 aliphatic carbocycles. The summed E-state index contributed by atoms with van der Waals surface area (Å²) in [6.45, 7) is 20.3. The molecule has 0 fully saturated rings. The number of nitrogens with two attached hydrogens (primary N) is 1. The number of hydrogen-bond donors (Lipinski definition) is 7. The molecule has 4 aliphatic rings. The van der Waals surface area contributed by atoms with Gasteiger partial charge in [-0.1, -0.05) is 129 Å². The number of aliphatic carboxylic acids is 1. The van der Waals surface area contributed by atoms with Gasteiger partial charge in [0.25, 0.3) is 47.1 Å². The number of halogens is 9. The van der Waals surface area contributed by atoms with Gasteiger partial charge in [0.2, 0.25) is 62.8 Å². The molecule has 0 unspecified atom stereocenters. The Balaban J connectivity index is 0.000000175. The maximum Gasteiger partial charge on any atom is 0.394 e. The van der Waals surface area contributed by atoms with Crippen LogP contribution in [0, 0.1) is 20.8 Å². The number of nitrogen functional groups attached to an aromatic ring is 1. The molecule has 0 saturated carbocycles. The number of aromatic nitrogens is 8. The van der Waals surface area contributed by atoms with Crippen molar-refractivity contribution in [3.8, 4) is 46.5 Å². The zero-order chi connectivity index (χ0) is 96.8. The summed E-state index contributed by atoms with van der Waals surface area (Å²) >= 11 is 51.2. The van der Waals surface area contributed by atoms with Gasteiger partial charge in [0.05, 0.1) is 5.69 Å². The maximum atomic E-state index is 13.4. The van der Waals surface area contributed by atoms with Gasteiger partial charge in [-0.2, -0.15) is 19.9 Å². The Bertz CT molecular complexity index is 6160. The van der Waals surface area contributed by atoms with Crippen LogP contribution in [-0.2, 0) is 45.4 Å². The van der Waals surface area contributed by atoms with E-state index in [-0.39, 0.29) is 112 Å². The number of carbonyl (C=O) groups excluding carboxylic acids is 7. The molecule has 8 N–H and O–H groups in total. The number of aryl methyl sites for hydroxylation is 3. The average Bonchev–Trinajstić information content (AvgIpc) is 1.61. The number of anilines is 5. The van der Waals surface area contributed by atoms with Gasteiger partial charge < -0.3 is 85.1 Å². The second-order valence-corrected chi connectivity index (χ2v) is 35.4. The van der Waals surface area contributed by atoms with Crippen molar-refractivity contribution in [3.63, 3.8) is 0 Å². The Morgan fingerprint density at radius 2 is 0.735 bits per heavy atom. The molecule has 34 nitrogen and oxygen atoms in total. The molecule has 692 valence electrons. The number of fused-ring (bicyclic) bond motifs is 4. The number of likely N-dealkylation sites (N-methyl/N-ethyl adjacent to an activating group) is 2. The van der Waals surface area contributed by atoms with Gasteiger partial charge in [0.1, 0.15) is 6.33 Å². The molecule has 11 aromatic rings. The van der Waals surface area contributed by atoms with Crippen LogP contribution >= 0.6 is 109 Å². The lowest BCUT2D eigenvalue weighted by Crippen LogP contribution is -2.41. The van der Waals surface area contributed by atoms with Crippen LogP contribution in [0.25, 0.3) is 0 Å². The lowest BCUT2D eigenvalue weighted by molar-refractivity contribution is -0.154. The van der Waals surface area contributed by atoms with Crippen LogP contribution in [0.15, 0.2) is 157 Å². The molecule has 0 spiro atoms. The second kappa shape index (κ2) is 43.6. The molecule has 0 atom stereocenters. The van der Waals surface area contributed by atoms with Crippen molar-refractivity contribution in [1.29, 1.82) is 0 Å². The summed E-state index contributed by atoms with van der Waals surface area (Å²) < 4.78 is 45.6. The van der Waals surface area contributed by atoms with Crippen LogP contribution in [-0.4, -0.2) is 153 Å². The van der Waals surface area contributed by atoms with Crippen molar-refractivity contribution in [3.05, 3.63) is 259 Å². The van der Waals surface area contributed by atoms with E-state index >= 15 is 0 Å². The fraction of sp³-hybridized carbons (Fsp3) is 0.258. The van der Waals surface area contributed by atoms with Gasteiger partial charge >= 0.3 is 23.7 Å². The number of benzene rings is 7. The normalized spacial score (nSPS) is 13.2. The third-order valence-corrected chi connectivity index (χ3v) is 19.6. The topological polar surface area (TPSA) is 430 Å². The largest absolute Gasteiger partial charge is 0.474 e. The SMILES string of the molecule is CC1(C)Oc2nc(Br)nc(C(=O)NCc3cc(Cl)cc(Cl)c3)c2O1.CC1(C)Oc2ncnc(C(=O)NCc3cc(Cl)cc(Cl)c3)c2O1.CN(C)C(=O)C(=O)O.Cc1cccc(N(C(=O)C(=O)N(C)C)c2nc3c(c(C(=O)NCc4cc(Cl)cc(Cl)c4)n2)OC(C)(C)O3)c1.Cc1cccc(N)c1.Cc1cccc(Nc2nc3c(c(C(=O)NCc4cc(Cl)cc(Cl)c4)n2)OC(C)(C)O3)c1. The smallest absolute Gasteiger partial charge is 0.394 e. The number of rotatable bonds is 16. The van der Waals surface area contributed by atoms with E-state index < -0.39 is 70.5 Å². The van der Waals surface area contributed by atoms with Crippen LogP contribution in [0.1, 0.15) is 136 Å². The summed E-state index contributed by atoms with van der Waals surface area (Å²) in [6, 6.07) is 42.5. The van der Waals surface area contributed by atoms with E-state index in [0.29, 0.717) is 51.4 Å². The molecule has 15 rings (SSSR count). The fourth-order valence-corrected chi connectivity index (χ4v) is 14.7. The monoisotopic (exact) mass is 2020 g/mol. The lowest BCUT2D eigenvalue weighted by Gasteiger charge is -2.23. The summed E-state index contributed by atoms with van der Waals surface area (Å²) in [7, 11) is 5.68. The molecule has 132 heavy (non-hydrogen) atoms. The number of ether oxygens (including phenoxy) is 8. The van der Waals surface area contributed by atoms with Crippen molar-refractivity contribution in [2.45, 2.75) is 125 Å². The Morgan fingerprint density at radius 3 is 1.11 bits per heavy atom. The van der Waals surface area contributed by atoms with Gasteiger partial charge in [-0.3, -0.25) is 33.6 Å². The molecule has 7 amide bonds. The summed E-state index contributed by atoms with van der Waals surface area (Å²) in [6.07, 6.45) is 1.26. The van der Waals surface area contributed by atoms with Gasteiger partial charge in [-0.25, -0.2) is 29.6 Å². The second-order valence-electron chi connectivity index (χ2n) is 31.2. The molecule has 0 saturated heterocycles. The van der Waals surface area contributed by atoms with Crippen molar-refractivity contribution in [2.24, 2.45) is 0 Å². The standard InChI is InChI=1S/C26H25Cl2N5O5.C22H20Cl2N4O3.C15H12BrCl2N3O3.C15H13Cl2N3O3.C7H9N.C4H7NO3/c1-14-7-6-8-18(9-14)33(24(36)23(35)32(4)5)25-30-19(20-22(31-25)38-26(2,3)37-20)21(34)29-13-15-10-16(27)12-17(28)11-15;1-12-5-4-6-16(7-12)26-21-27-17(18-20(28-21)31-22(2,3)30-18)19(29)25-11-13-8-14(23)10-15(24)9-13;1-15(2)23-11-10(20-14(16)21-13(11)24-15)12(22)19-6-7-3-8(17)5-9(18)4-7;1-15(2)22-12-11(19-7-20-14(12)23-15)13(21)18-6-8-3-9(16)5-10(17)4-8;1-6-3-2-4-7(8)5-6;1-5(2)3(6)4(7)8/h6-12H,13H2,1-5H3,(H,29,34);4-10H,11H2,1-3H3,(H,25,29)(H,26,27,28);3-5H,6H2,1-2H3,(H,19,22);3-5,7H,6H2,1-2H3,(H,18,21);2-5H,8H2,1H3;1-2H3,(H,7,8). The Kier molecular flexibility index (Phi) is 33.6. The Hall–Kier alpha value is -12.6. The van der Waals surface area contributed by atoms with Crippen molar-refractivity contribution in [1.82, 2.24) is 70.9 Å². The van der Waals surface area contributed by atoms with Crippen LogP contribution in [0.3, 0.4) is 0 Å². The van der Waals surface area contributed by atoms with E-state index in [2.05, 4.69) is 82.4 Å². The van der Waals surface area contributed by atoms with Gasteiger partial charge in [0, 0.05) is 161 Å². The molecule has 4 aromatic heterocycles. The summed E-state index contributed by atoms with van der Waals surface area (Å²) in [5.41, 5.74) is 13.6. The number of nitrogens with one attached hydrogen (secondary N) is 5. The molecule has 4 aliphatic heterocycles. The van der Waals surface area contributed by atoms with Gasteiger partial charge in [-0.05, 0) is 185 Å². The van der Waals surface area contributed by atoms with E-state index in [1.165, 1.54) is 40.1 Å². The predicted molar refractivity (Wildman–Crippen MR) is 501 cm³/mol. The van der Waals surface area contributed by atoms with E-state index in [1.54, 1.807) is 146 Å². The third kappa shape index (κ3) is 28.7. The molecule has 0 radical (unpaired) electrons. The fourth-order valence-electron chi connectivity index (χ4n) is 12.0. The highest BCUT2D eigenvalue weighted by molar-refractivity contribution is 9.10. The van der Waals surface area contributed by atoms with Crippen LogP contribution < -0.4 is 75.1 Å². The van der Waals surface area contributed by atoms with Gasteiger partial charge in [0.15, 0.2) is 22.8 Å². The highest BCUT2D eigenvalue weighted by Crippen LogP contribution is 2.45. The quantitative estimate of drug-likeness (QED) is 0.0268. The zero-order valence-corrected chi connectivity index (χ0v) is 80.8. The number of carboxylic acids is 1. The highest BCUT2D eigenvalue weighted by Gasteiger charge is 2.43. The summed E-state index contributed by atoms with van der Waals surface area (Å²) in [4.78, 5) is 134. The highest BCUT2D eigenvalue weighted by atomic mass is 79.9. The first kappa shape index (κ1) is 102. The molecular weight excluding hydrogens is 1940 g/mol.